The summed E-state index contributed by atoms with van der Waals surface area (Å²) in [6.45, 7) is 1.92. The molecule has 8 nitrogen and oxygen atoms in total. The second-order valence-electron chi connectivity index (χ2n) is 8.50. The molecule has 0 bridgehead atoms. The largest absolute Gasteiger partial charge is 0.505 e. The number of carbonyl (C=O) groups is 1. The van der Waals surface area contributed by atoms with E-state index >= 15 is 0 Å². The van der Waals surface area contributed by atoms with Crippen molar-refractivity contribution in [2.45, 2.75) is 51.2 Å². The molecule has 2 heterocycles. The van der Waals surface area contributed by atoms with E-state index in [1.165, 1.54) is 4.90 Å². The predicted octanol–water partition coefficient (Wildman–Crippen LogP) is 3.71. The molecular formula is C22H28F2N6O2. The topological polar surface area (TPSA) is 84.8 Å². The number of halogens is 2. The summed E-state index contributed by atoms with van der Waals surface area (Å²) < 4.78 is 28.9. The fraction of sp³-hybridized carbons (Fsp3) is 0.500. The summed E-state index contributed by atoms with van der Waals surface area (Å²) >= 11 is 0. The maximum absolute atomic E-state index is 14.5. The Labute approximate surface area is 185 Å². The number of rotatable bonds is 5. The van der Waals surface area contributed by atoms with Crippen LogP contribution in [-0.2, 0) is 6.54 Å². The molecule has 2 N–H and O–H groups in total. The number of hydrogen-bond donors (Lipinski definition) is 2. The second-order valence-corrected chi connectivity index (χ2v) is 8.50. The molecule has 0 atom stereocenters. The van der Waals surface area contributed by atoms with Crippen molar-refractivity contribution >= 4 is 23.5 Å². The van der Waals surface area contributed by atoms with Crippen LogP contribution in [0.5, 0.6) is 5.75 Å². The number of benzene rings is 1. The van der Waals surface area contributed by atoms with Crippen LogP contribution in [0.1, 0.15) is 38.2 Å². The van der Waals surface area contributed by atoms with Gasteiger partial charge in [-0.1, -0.05) is 0 Å². The first kappa shape index (κ1) is 22.2. The van der Waals surface area contributed by atoms with E-state index < -0.39 is 29.1 Å². The minimum absolute atomic E-state index is 0.101. The Hall–Kier alpha value is -3.01. The maximum atomic E-state index is 14.5. The monoisotopic (exact) mass is 446 g/mol. The van der Waals surface area contributed by atoms with Gasteiger partial charge in [0.15, 0.2) is 11.6 Å². The van der Waals surface area contributed by atoms with Crippen molar-refractivity contribution in [1.29, 1.82) is 0 Å². The summed E-state index contributed by atoms with van der Waals surface area (Å²) in [6.07, 6.45) is 5.76. The van der Waals surface area contributed by atoms with Gasteiger partial charge in [-0.2, -0.15) is 4.98 Å². The number of amides is 2. The summed E-state index contributed by atoms with van der Waals surface area (Å²) in [5, 5.41) is 13.0. The van der Waals surface area contributed by atoms with Gasteiger partial charge in [-0.3, -0.25) is 9.80 Å². The lowest BCUT2D eigenvalue weighted by atomic mass is 9.91. The van der Waals surface area contributed by atoms with Crippen molar-refractivity contribution < 1.29 is 18.7 Å². The standard InChI is InChI=1S/C22H28F2N6O2/c1-4-29-20-13(12-30(22(29)32)19-16(23)9-10-17(31)18(19)24)11-25-21(27-20)26-14-5-7-15(8-6-14)28(2)3/h9-11,14-15,31H,4-8,12H2,1-3H3,(H,25,26,27). The first-order valence-corrected chi connectivity index (χ1v) is 10.8. The number of fused-ring (bicyclic) bond motifs is 1. The SMILES string of the molecule is CCN1C(=O)N(c2c(F)ccc(O)c2F)Cc2cnc(NC3CCC(N(C)C)CC3)nc21. The number of hydrogen-bond acceptors (Lipinski definition) is 6. The minimum Gasteiger partial charge on any atom is -0.505 e. The lowest BCUT2D eigenvalue weighted by Gasteiger charge is -2.36. The third kappa shape index (κ3) is 4.06. The van der Waals surface area contributed by atoms with Gasteiger partial charge in [0, 0.05) is 30.4 Å². The Kier molecular flexibility index (Phi) is 6.14. The number of aromatic nitrogens is 2. The van der Waals surface area contributed by atoms with Crippen LogP contribution in [0.25, 0.3) is 0 Å². The summed E-state index contributed by atoms with van der Waals surface area (Å²) in [4.78, 5) is 26.6. The van der Waals surface area contributed by atoms with Gasteiger partial charge in [0.05, 0.1) is 6.54 Å². The van der Waals surface area contributed by atoms with E-state index in [9.17, 15) is 18.7 Å². The second kappa shape index (κ2) is 8.85. The van der Waals surface area contributed by atoms with Crippen LogP contribution in [0.15, 0.2) is 18.3 Å². The molecule has 0 radical (unpaired) electrons. The van der Waals surface area contributed by atoms with Crippen LogP contribution in [0.4, 0.5) is 31.0 Å². The van der Waals surface area contributed by atoms with Gasteiger partial charge in [-0.05, 0) is 58.8 Å². The quantitative estimate of drug-likeness (QED) is 0.729. The van der Waals surface area contributed by atoms with E-state index in [0.29, 0.717) is 23.4 Å². The van der Waals surface area contributed by atoms with Crippen molar-refractivity contribution in [2.75, 3.05) is 35.8 Å². The Morgan fingerprint density at radius 3 is 2.59 bits per heavy atom. The molecule has 1 aliphatic carbocycles. The zero-order valence-corrected chi connectivity index (χ0v) is 18.5. The fourth-order valence-electron chi connectivity index (χ4n) is 4.44. The minimum atomic E-state index is -1.18. The van der Waals surface area contributed by atoms with Gasteiger partial charge in [-0.25, -0.2) is 18.6 Å². The van der Waals surface area contributed by atoms with Crippen LogP contribution < -0.4 is 15.1 Å². The molecule has 1 fully saturated rings. The van der Waals surface area contributed by atoms with Gasteiger partial charge >= 0.3 is 6.03 Å². The molecule has 32 heavy (non-hydrogen) atoms. The Morgan fingerprint density at radius 1 is 1.22 bits per heavy atom. The summed E-state index contributed by atoms with van der Waals surface area (Å²) in [5.74, 6) is -1.96. The molecule has 0 spiro atoms. The average molecular weight is 447 g/mol. The molecule has 1 aromatic carbocycles. The number of carbonyl (C=O) groups excluding carboxylic acids is 1. The molecule has 2 aromatic rings. The van der Waals surface area contributed by atoms with Crippen LogP contribution in [0, 0.1) is 11.6 Å². The van der Waals surface area contributed by atoms with Crippen molar-refractivity contribution in [1.82, 2.24) is 14.9 Å². The number of anilines is 3. The van der Waals surface area contributed by atoms with Gasteiger partial charge in [0.25, 0.3) is 0 Å². The van der Waals surface area contributed by atoms with E-state index in [2.05, 4.69) is 34.3 Å². The highest BCUT2D eigenvalue weighted by Crippen LogP contribution is 2.36. The van der Waals surface area contributed by atoms with E-state index in [4.69, 9.17) is 0 Å². The third-order valence-corrected chi connectivity index (χ3v) is 6.28. The van der Waals surface area contributed by atoms with E-state index in [0.717, 1.165) is 42.7 Å². The highest BCUT2D eigenvalue weighted by atomic mass is 19.1. The summed E-state index contributed by atoms with van der Waals surface area (Å²) in [7, 11) is 4.19. The lowest BCUT2D eigenvalue weighted by molar-refractivity contribution is 0.221. The molecule has 0 saturated heterocycles. The van der Waals surface area contributed by atoms with Crippen molar-refractivity contribution in [3.05, 3.63) is 35.5 Å². The molecule has 172 valence electrons. The van der Waals surface area contributed by atoms with Gasteiger partial charge < -0.3 is 15.3 Å². The Balaban J connectivity index is 1.57. The molecule has 1 aromatic heterocycles. The molecular weight excluding hydrogens is 418 g/mol. The summed E-state index contributed by atoms with van der Waals surface area (Å²) in [5.41, 5.74) is -0.0191. The average Bonchev–Trinajstić information content (AvgIpc) is 2.77. The molecule has 1 saturated carbocycles. The van der Waals surface area contributed by atoms with E-state index in [1.807, 2.05) is 0 Å². The number of nitrogens with one attached hydrogen (secondary N) is 1. The van der Waals surface area contributed by atoms with E-state index in [1.54, 1.807) is 13.1 Å². The highest BCUT2D eigenvalue weighted by Gasteiger charge is 2.36. The Morgan fingerprint density at radius 2 is 1.94 bits per heavy atom. The van der Waals surface area contributed by atoms with Crippen LogP contribution >= 0.6 is 0 Å². The molecule has 2 aliphatic rings. The summed E-state index contributed by atoms with van der Waals surface area (Å²) in [6, 6.07) is 2.07. The zero-order chi connectivity index (χ0) is 23.0. The highest BCUT2D eigenvalue weighted by molar-refractivity contribution is 6.05. The first-order valence-electron chi connectivity index (χ1n) is 10.8. The first-order chi connectivity index (χ1) is 15.3. The van der Waals surface area contributed by atoms with Crippen molar-refractivity contribution in [2.24, 2.45) is 0 Å². The molecule has 4 rings (SSSR count). The molecule has 1 aliphatic heterocycles. The smallest absolute Gasteiger partial charge is 0.330 e. The van der Waals surface area contributed by atoms with Crippen LogP contribution in [-0.4, -0.2) is 58.7 Å². The van der Waals surface area contributed by atoms with Crippen molar-refractivity contribution in [3.8, 4) is 5.75 Å². The number of urea groups is 1. The molecule has 10 heteroatoms. The number of nitrogens with zero attached hydrogens (tertiary/aromatic N) is 5. The lowest BCUT2D eigenvalue weighted by Crippen LogP contribution is -2.48. The third-order valence-electron chi connectivity index (χ3n) is 6.28. The fourth-order valence-corrected chi connectivity index (χ4v) is 4.44. The normalized spacial score (nSPS) is 21.1. The number of aromatic hydroxyl groups is 1. The van der Waals surface area contributed by atoms with Crippen molar-refractivity contribution in [3.63, 3.8) is 0 Å². The molecule has 2 amide bonds. The number of phenols is 1. The predicted molar refractivity (Wildman–Crippen MR) is 118 cm³/mol. The Bertz CT molecular complexity index is 1010. The van der Waals surface area contributed by atoms with Crippen LogP contribution in [0.2, 0.25) is 0 Å². The van der Waals surface area contributed by atoms with Gasteiger partial charge in [0.2, 0.25) is 5.95 Å². The maximum Gasteiger partial charge on any atom is 0.330 e. The number of phenolic OH excluding ortho intramolecular Hbond substituents is 1. The van der Waals surface area contributed by atoms with Gasteiger partial charge in [0.1, 0.15) is 17.3 Å². The zero-order valence-electron chi connectivity index (χ0n) is 18.5. The van der Waals surface area contributed by atoms with E-state index in [-0.39, 0.29) is 19.1 Å². The molecule has 0 unspecified atom stereocenters. The van der Waals surface area contributed by atoms with Gasteiger partial charge in [-0.15, -0.1) is 0 Å². The van der Waals surface area contributed by atoms with Crippen LogP contribution in [0.3, 0.4) is 0 Å².